The molecular formula is C19H32IN3O2S2. The molecule has 5 nitrogen and oxygen atoms in total. The van der Waals surface area contributed by atoms with E-state index in [4.69, 9.17) is 4.99 Å². The van der Waals surface area contributed by atoms with Gasteiger partial charge in [-0.1, -0.05) is 19.9 Å². The lowest BCUT2D eigenvalue weighted by Gasteiger charge is -2.33. The Hall–Kier alpha value is -0.350. The minimum absolute atomic E-state index is 0. The van der Waals surface area contributed by atoms with Gasteiger partial charge >= 0.3 is 0 Å². The van der Waals surface area contributed by atoms with Crippen molar-refractivity contribution in [2.24, 2.45) is 22.7 Å². The number of hydrogen-bond acceptors (Lipinski definition) is 4. The molecule has 3 rings (SSSR count). The molecule has 27 heavy (non-hydrogen) atoms. The first kappa shape index (κ1) is 22.9. The maximum absolute atomic E-state index is 11.7. The van der Waals surface area contributed by atoms with E-state index in [-0.39, 0.29) is 29.9 Å². The number of nitrogens with zero attached hydrogens (tertiary/aromatic N) is 1. The fourth-order valence-corrected chi connectivity index (χ4v) is 6.73. The Balaban J connectivity index is 0.00000261. The molecule has 2 N–H and O–H groups in total. The van der Waals surface area contributed by atoms with Crippen molar-refractivity contribution < 1.29 is 8.42 Å². The summed E-state index contributed by atoms with van der Waals surface area (Å²) < 4.78 is 23.4. The summed E-state index contributed by atoms with van der Waals surface area (Å²) in [5, 5.41) is 9.10. The van der Waals surface area contributed by atoms with E-state index in [0.29, 0.717) is 30.6 Å². The van der Waals surface area contributed by atoms with Crippen LogP contribution in [0.15, 0.2) is 22.5 Å². The summed E-state index contributed by atoms with van der Waals surface area (Å²) in [5.41, 5.74) is 0. The predicted octanol–water partition coefficient (Wildman–Crippen LogP) is 3.66. The molecule has 3 atom stereocenters. The molecule has 1 aliphatic carbocycles. The molecular weight excluding hydrogens is 493 g/mol. The number of aliphatic imine (C=N–C) groups is 1. The molecule has 1 saturated heterocycles. The smallest absolute Gasteiger partial charge is 0.191 e. The molecule has 154 valence electrons. The Morgan fingerprint density at radius 1 is 1.26 bits per heavy atom. The molecule has 0 spiro atoms. The number of rotatable bonds is 5. The van der Waals surface area contributed by atoms with Crippen LogP contribution in [0.1, 0.15) is 44.4 Å². The molecule has 1 aliphatic heterocycles. The van der Waals surface area contributed by atoms with Gasteiger partial charge < -0.3 is 10.6 Å². The van der Waals surface area contributed by atoms with Crippen molar-refractivity contribution in [3.63, 3.8) is 0 Å². The number of thiophene rings is 1. The third-order valence-corrected chi connectivity index (χ3v) is 8.08. The minimum atomic E-state index is -2.83. The second-order valence-corrected chi connectivity index (χ2v) is 11.4. The molecule has 2 heterocycles. The van der Waals surface area contributed by atoms with Crippen LogP contribution in [0, 0.1) is 17.8 Å². The second kappa shape index (κ2) is 10.4. The Labute approximate surface area is 184 Å². The largest absolute Gasteiger partial charge is 0.356 e. The zero-order valence-electron chi connectivity index (χ0n) is 16.2. The highest BCUT2D eigenvalue weighted by molar-refractivity contribution is 14.0. The Kier molecular flexibility index (Phi) is 8.86. The summed E-state index contributed by atoms with van der Waals surface area (Å²) in [6.07, 6.45) is 4.39. The highest BCUT2D eigenvalue weighted by atomic mass is 127. The van der Waals surface area contributed by atoms with Crippen LogP contribution in [0.3, 0.4) is 0 Å². The average molecular weight is 526 g/mol. The van der Waals surface area contributed by atoms with Crippen LogP contribution in [0.4, 0.5) is 0 Å². The fraction of sp³-hybridized carbons (Fsp3) is 0.737. The van der Waals surface area contributed by atoms with Crippen molar-refractivity contribution >= 4 is 51.1 Å². The molecule has 0 radical (unpaired) electrons. The van der Waals surface area contributed by atoms with E-state index in [0.717, 1.165) is 24.2 Å². The van der Waals surface area contributed by atoms with E-state index in [2.05, 4.69) is 35.9 Å². The van der Waals surface area contributed by atoms with Crippen molar-refractivity contribution in [3.8, 4) is 0 Å². The summed E-state index contributed by atoms with van der Waals surface area (Å²) in [6, 6.07) is 4.58. The van der Waals surface area contributed by atoms with Crippen LogP contribution in [-0.4, -0.2) is 38.5 Å². The van der Waals surface area contributed by atoms with Gasteiger partial charge in [-0.05, 0) is 54.9 Å². The number of guanidine groups is 1. The monoisotopic (exact) mass is 525 g/mol. The van der Waals surface area contributed by atoms with Gasteiger partial charge in [-0.3, -0.25) is 0 Å². The van der Waals surface area contributed by atoms with E-state index < -0.39 is 9.84 Å². The zero-order chi connectivity index (χ0) is 18.6. The number of hydrogen-bond donors (Lipinski definition) is 2. The summed E-state index contributed by atoms with van der Waals surface area (Å²) >= 11 is 1.71. The Bertz CT molecular complexity index is 697. The van der Waals surface area contributed by atoms with E-state index in [1.54, 1.807) is 11.3 Å². The van der Waals surface area contributed by atoms with Crippen LogP contribution < -0.4 is 10.6 Å². The lowest BCUT2D eigenvalue weighted by atomic mass is 9.80. The molecule has 2 fully saturated rings. The number of nitrogens with one attached hydrogen (secondary N) is 2. The van der Waals surface area contributed by atoms with Crippen LogP contribution in [-0.2, 0) is 16.4 Å². The normalized spacial score (nSPS) is 30.5. The third kappa shape index (κ3) is 7.53. The molecule has 1 aromatic rings. The van der Waals surface area contributed by atoms with Crippen LogP contribution in [0.5, 0.6) is 0 Å². The predicted molar refractivity (Wildman–Crippen MR) is 125 cm³/mol. The maximum atomic E-state index is 11.7. The molecule has 2 aliphatic rings. The van der Waals surface area contributed by atoms with Gasteiger partial charge in [-0.15, -0.1) is 35.3 Å². The summed E-state index contributed by atoms with van der Waals surface area (Å²) in [4.78, 5) is 6.00. The second-order valence-electron chi connectivity index (χ2n) is 8.15. The van der Waals surface area contributed by atoms with E-state index in [1.165, 1.54) is 24.1 Å². The van der Waals surface area contributed by atoms with Gasteiger partial charge in [-0.25, -0.2) is 13.4 Å². The van der Waals surface area contributed by atoms with Crippen LogP contribution >= 0.6 is 35.3 Å². The van der Waals surface area contributed by atoms with E-state index in [9.17, 15) is 8.42 Å². The van der Waals surface area contributed by atoms with Crippen molar-refractivity contribution in [2.45, 2.75) is 52.1 Å². The molecule has 0 amide bonds. The molecule has 8 heteroatoms. The van der Waals surface area contributed by atoms with Crippen LogP contribution in [0.2, 0.25) is 0 Å². The third-order valence-electron chi connectivity index (χ3n) is 5.38. The quantitative estimate of drug-likeness (QED) is 0.350. The van der Waals surface area contributed by atoms with Crippen molar-refractivity contribution in [1.82, 2.24) is 10.6 Å². The van der Waals surface area contributed by atoms with Crippen molar-refractivity contribution in [2.75, 3.05) is 18.1 Å². The van der Waals surface area contributed by atoms with Crippen molar-refractivity contribution in [1.29, 1.82) is 0 Å². The van der Waals surface area contributed by atoms with Crippen LogP contribution in [0.25, 0.3) is 0 Å². The number of halogens is 1. The van der Waals surface area contributed by atoms with Crippen molar-refractivity contribution in [3.05, 3.63) is 22.4 Å². The molecule has 0 bridgehead atoms. The van der Waals surface area contributed by atoms with Gasteiger partial charge in [0.15, 0.2) is 15.8 Å². The first-order valence-corrected chi connectivity index (χ1v) is 12.4. The molecule has 3 unspecified atom stereocenters. The highest BCUT2D eigenvalue weighted by Gasteiger charge is 2.28. The van der Waals surface area contributed by atoms with Gasteiger partial charge in [0.1, 0.15) is 0 Å². The first-order chi connectivity index (χ1) is 12.4. The SMILES string of the molecule is CC1CC(C)CC(NC(=NCc2cccs2)NCC2CCS(=O)(=O)C2)C1.I. The molecule has 1 aromatic heterocycles. The van der Waals surface area contributed by atoms with Gasteiger partial charge in [0, 0.05) is 17.5 Å². The Morgan fingerprint density at radius 2 is 2.00 bits per heavy atom. The fourth-order valence-electron chi connectivity index (χ4n) is 4.24. The number of sulfone groups is 1. The van der Waals surface area contributed by atoms with Gasteiger partial charge in [0.05, 0.1) is 18.1 Å². The zero-order valence-corrected chi connectivity index (χ0v) is 20.2. The summed E-state index contributed by atoms with van der Waals surface area (Å²) in [7, 11) is -2.83. The summed E-state index contributed by atoms with van der Waals surface area (Å²) in [5.74, 6) is 3.11. The van der Waals surface area contributed by atoms with Gasteiger partial charge in [0.2, 0.25) is 0 Å². The average Bonchev–Trinajstić information content (AvgIpc) is 3.18. The lowest BCUT2D eigenvalue weighted by molar-refractivity contribution is 0.255. The molecule has 0 aromatic carbocycles. The standard InChI is InChI=1S/C19H31N3O2S2.HI/c1-14-8-15(2)10-17(9-14)22-19(21-12-18-4-3-6-25-18)20-11-16-5-7-26(23,24)13-16;/h3-4,6,14-17H,5,7-13H2,1-2H3,(H2,20,21,22);1H. The molecule has 1 saturated carbocycles. The Morgan fingerprint density at radius 3 is 2.59 bits per heavy atom. The topological polar surface area (TPSA) is 70.6 Å². The first-order valence-electron chi connectivity index (χ1n) is 9.67. The van der Waals surface area contributed by atoms with Gasteiger partial charge in [-0.2, -0.15) is 0 Å². The summed E-state index contributed by atoms with van der Waals surface area (Å²) in [6.45, 7) is 5.98. The lowest BCUT2D eigenvalue weighted by Crippen LogP contribution is -2.47. The van der Waals surface area contributed by atoms with E-state index in [1.807, 2.05) is 6.07 Å². The van der Waals surface area contributed by atoms with Gasteiger partial charge in [0.25, 0.3) is 0 Å². The maximum Gasteiger partial charge on any atom is 0.191 e. The highest BCUT2D eigenvalue weighted by Crippen LogP contribution is 2.28. The van der Waals surface area contributed by atoms with E-state index >= 15 is 0 Å². The minimum Gasteiger partial charge on any atom is -0.356 e.